The van der Waals surface area contributed by atoms with Crippen LogP contribution in [-0.2, 0) is 16.0 Å². The van der Waals surface area contributed by atoms with E-state index in [4.69, 9.17) is 0 Å². The highest BCUT2D eigenvalue weighted by atomic mass is 16.1. The van der Waals surface area contributed by atoms with Gasteiger partial charge in [0, 0.05) is 23.2 Å². The minimum absolute atomic E-state index is 0.0545. The topological polar surface area (TPSA) is 46.2 Å². The van der Waals surface area contributed by atoms with Crippen LogP contribution >= 0.6 is 0 Å². The lowest BCUT2D eigenvalue weighted by Crippen LogP contribution is -2.35. The van der Waals surface area contributed by atoms with Crippen molar-refractivity contribution < 1.29 is 9.59 Å². The predicted molar refractivity (Wildman–Crippen MR) is 121 cm³/mol. The smallest absolute Gasteiger partial charge is 0.168 e. The molecule has 0 spiro atoms. The third-order valence-corrected chi connectivity index (χ3v) is 6.43. The molecule has 0 bridgehead atoms. The molecule has 1 aliphatic heterocycles. The van der Waals surface area contributed by atoms with Gasteiger partial charge in [0.25, 0.3) is 0 Å². The molecular formula is C26H39NO2. The zero-order chi connectivity index (χ0) is 21.6. The zero-order valence-electron chi connectivity index (χ0n) is 19.2. The first-order valence-corrected chi connectivity index (χ1v) is 11.6. The lowest BCUT2D eigenvalue weighted by Gasteiger charge is -2.31. The highest BCUT2D eigenvalue weighted by Gasteiger charge is 2.44. The average Bonchev–Trinajstić information content (AvgIpc) is 3.06. The maximum absolute atomic E-state index is 12.7. The van der Waals surface area contributed by atoms with Gasteiger partial charge in [-0.15, -0.1) is 0 Å². The second-order valence-corrected chi connectivity index (χ2v) is 8.19. The Kier molecular flexibility index (Phi) is 8.67. The molecule has 0 amide bonds. The average molecular weight is 398 g/mol. The number of hydrogen-bond donors (Lipinski definition) is 1. The van der Waals surface area contributed by atoms with E-state index in [1.165, 1.54) is 30.4 Å². The van der Waals surface area contributed by atoms with E-state index in [-0.39, 0.29) is 29.8 Å². The minimum atomic E-state index is -0.153. The molecule has 1 fully saturated rings. The number of Topliss-reactive ketones (excluding diaryl/α,β-unsaturated/α-hetero) is 2. The maximum atomic E-state index is 12.7. The molecule has 29 heavy (non-hydrogen) atoms. The fourth-order valence-corrected chi connectivity index (χ4v) is 4.60. The molecule has 1 saturated carbocycles. The van der Waals surface area contributed by atoms with Crippen molar-refractivity contribution in [3.63, 3.8) is 0 Å². The van der Waals surface area contributed by atoms with Crippen LogP contribution in [-0.4, -0.2) is 17.6 Å². The quantitative estimate of drug-likeness (QED) is 0.653. The summed E-state index contributed by atoms with van der Waals surface area (Å²) in [5.74, 6) is 0.954. The number of rotatable bonds is 4. The van der Waals surface area contributed by atoms with E-state index in [0.717, 1.165) is 30.0 Å². The van der Waals surface area contributed by atoms with Gasteiger partial charge in [-0.1, -0.05) is 76.8 Å². The summed E-state index contributed by atoms with van der Waals surface area (Å²) in [5, 5.41) is 3.62. The van der Waals surface area contributed by atoms with Crippen LogP contribution in [0.1, 0.15) is 77.8 Å². The van der Waals surface area contributed by atoms with Crippen molar-refractivity contribution in [3.8, 4) is 0 Å². The molecule has 3 unspecified atom stereocenters. The van der Waals surface area contributed by atoms with Gasteiger partial charge in [-0.05, 0) is 38.2 Å². The molecule has 0 radical (unpaired) electrons. The van der Waals surface area contributed by atoms with Crippen LogP contribution in [0.3, 0.4) is 0 Å². The van der Waals surface area contributed by atoms with Crippen molar-refractivity contribution in [2.45, 2.75) is 86.1 Å². The fraction of sp³-hybridized carbons (Fsp3) is 0.615. The lowest BCUT2D eigenvalue weighted by atomic mass is 9.74. The van der Waals surface area contributed by atoms with Gasteiger partial charge in [0.15, 0.2) is 5.78 Å². The number of allylic oxidation sites excluding steroid dienone is 1. The van der Waals surface area contributed by atoms with Crippen LogP contribution in [0.15, 0.2) is 35.5 Å². The van der Waals surface area contributed by atoms with Gasteiger partial charge in [-0.3, -0.25) is 9.59 Å². The van der Waals surface area contributed by atoms with E-state index >= 15 is 0 Å². The molecule has 2 aliphatic carbocycles. The van der Waals surface area contributed by atoms with Crippen molar-refractivity contribution in [2.75, 3.05) is 0 Å². The summed E-state index contributed by atoms with van der Waals surface area (Å²) in [6.45, 7) is 12.0. The van der Waals surface area contributed by atoms with Crippen molar-refractivity contribution in [1.82, 2.24) is 5.32 Å². The van der Waals surface area contributed by atoms with Crippen LogP contribution in [0.4, 0.5) is 0 Å². The molecule has 0 aromatic heterocycles. The Balaban J connectivity index is 0.000000707. The summed E-state index contributed by atoms with van der Waals surface area (Å²) < 4.78 is 0. The van der Waals surface area contributed by atoms with Crippen molar-refractivity contribution in [1.29, 1.82) is 0 Å². The van der Waals surface area contributed by atoms with Gasteiger partial charge in [-0.2, -0.15) is 0 Å². The standard InChI is InChI=1S/C22H27NO2.2C2H6/c1-13-6-8-16(9-7-13)10-17-18(11-15-4-3-5-15)23-22-14(2)19(24)12-20(25)21(17)22;2*1-2/h6-9,14-15,17-18,23H,3-5,10-12H2,1-2H3;2*1-2H3. The molecular weight excluding hydrogens is 358 g/mol. The van der Waals surface area contributed by atoms with Crippen LogP contribution in [0.5, 0.6) is 0 Å². The van der Waals surface area contributed by atoms with Crippen LogP contribution < -0.4 is 5.32 Å². The fourth-order valence-electron chi connectivity index (χ4n) is 4.60. The monoisotopic (exact) mass is 397 g/mol. The number of nitrogens with one attached hydrogen (secondary N) is 1. The second-order valence-electron chi connectivity index (χ2n) is 8.19. The summed E-state index contributed by atoms with van der Waals surface area (Å²) in [6.07, 6.45) is 6.04. The summed E-state index contributed by atoms with van der Waals surface area (Å²) in [5.41, 5.74) is 4.40. The summed E-state index contributed by atoms with van der Waals surface area (Å²) >= 11 is 0. The molecule has 1 heterocycles. The van der Waals surface area contributed by atoms with E-state index in [1.807, 2.05) is 34.6 Å². The molecule has 3 aliphatic rings. The summed E-state index contributed by atoms with van der Waals surface area (Å²) in [6, 6.07) is 8.94. The molecule has 1 N–H and O–H groups in total. The predicted octanol–water partition coefficient (Wildman–Crippen LogP) is 5.80. The first kappa shape index (κ1) is 23.4. The van der Waals surface area contributed by atoms with E-state index in [1.54, 1.807) is 0 Å². The molecule has 0 saturated heterocycles. The number of ketones is 2. The Hall–Kier alpha value is -1.90. The highest BCUT2D eigenvalue weighted by molar-refractivity contribution is 6.13. The first-order valence-electron chi connectivity index (χ1n) is 11.6. The van der Waals surface area contributed by atoms with E-state index < -0.39 is 0 Å². The molecule has 3 nitrogen and oxygen atoms in total. The van der Waals surface area contributed by atoms with Gasteiger partial charge in [-0.25, -0.2) is 0 Å². The van der Waals surface area contributed by atoms with Crippen LogP contribution in [0, 0.1) is 24.7 Å². The number of benzene rings is 1. The molecule has 3 atom stereocenters. The number of aryl methyl sites for hydroxylation is 1. The molecule has 1 aromatic carbocycles. The maximum Gasteiger partial charge on any atom is 0.168 e. The zero-order valence-corrected chi connectivity index (χ0v) is 19.2. The molecule has 3 heteroatoms. The summed E-state index contributed by atoms with van der Waals surface area (Å²) in [7, 11) is 0. The number of carbonyl (C=O) groups is 2. The van der Waals surface area contributed by atoms with Crippen LogP contribution in [0.25, 0.3) is 0 Å². The minimum Gasteiger partial charge on any atom is -0.384 e. The lowest BCUT2D eigenvalue weighted by molar-refractivity contribution is -0.128. The first-order chi connectivity index (χ1) is 14.0. The van der Waals surface area contributed by atoms with E-state index in [2.05, 4.69) is 36.5 Å². The SMILES string of the molecule is CC.CC.Cc1ccc(CC2C3=C(NC2CC2CCC2)C(C)C(=O)CC3=O)cc1. The van der Waals surface area contributed by atoms with Gasteiger partial charge in [0.05, 0.1) is 12.3 Å². The number of hydrogen-bond acceptors (Lipinski definition) is 3. The third kappa shape index (κ3) is 5.18. The van der Waals surface area contributed by atoms with Gasteiger partial charge in [0.2, 0.25) is 0 Å². The van der Waals surface area contributed by atoms with Crippen molar-refractivity contribution in [3.05, 3.63) is 46.7 Å². The second kappa shape index (κ2) is 10.8. The Morgan fingerprint density at radius 2 is 1.62 bits per heavy atom. The molecule has 160 valence electrons. The Labute approximate surface area is 177 Å². The van der Waals surface area contributed by atoms with Crippen molar-refractivity contribution in [2.24, 2.45) is 17.8 Å². The molecule has 1 aromatic rings. The Morgan fingerprint density at radius 3 is 2.17 bits per heavy atom. The van der Waals surface area contributed by atoms with Gasteiger partial charge in [0.1, 0.15) is 5.78 Å². The van der Waals surface area contributed by atoms with Crippen LogP contribution in [0.2, 0.25) is 0 Å². The third-order valence-electron chi connectivity index (χ3n) is 6.43. The van der Waals surface area contributed by atoms with Gasteiger partial charge < -0.3 is 5.32 Å². The van der Waals surface area contributed by atoms with Crippen molar-refractivity contribution >= 4 is 11.6 Å². The molecule has 4 rings (SSSR count). The largest absolute Gasteiger partial charge is 0.384 e. The number of carbonyl (C=O) groups excluding carboxylic acids is 2. The van der Waals surface area contributed by atoms with Gasteiger partial charge >= 0.3 is 0 Å². The highest BCUT2D eigenvalue weighted by Crippen LogP contribution is 2.42. The van der Waals surface area contributed by atoms with E-state index in [0.29, 0.717) is 6.04 Å². The van der Waals surface area contributed by atoms with E-state index in [9.17, 15) is 9.59 Å². The normalized spacial score (nSPS) is 25.8. The summed E-state index contributed by atoms with van der Waals surface area (Å²) in [4.78, 5) is 24.8. The Bertz CT molecular complexity index is 728. The Morgan fingerprint density at radius 1 is 1.00 bits per heavy atom.